The normalized spacial score (nSPS) is 18.6. The molecule has 6 heteroatoms. The molecule has 1 aliphatic rings. The minimum Gasteiger partial charge on any atom is -0.479 e. The molecule has 1 saturated heterocycles. The number of carboxylic acid groups (broad SMARTS) is 1. The zero-order valence-corrected chi connectivity index (χ0v) is 9.82. The van der Waals surface area contributed by atoms with Gasteiger partial charge >= 0.3 is 5.97 Å². The second-order valence-electron chi connectivity index (χ2n) is 4.39. The number of aliphatic carboxylic acids is 1. The zero-order valence-electron chi connectivity index (χ0n) is 9.82. The summed E-state index contributed by atoms with van der Waals surface area (Å²) in [6.45, 7) is 1.79. The first kappa shape index (κ1) is 13.9. The van der Waals surface area contributed by atoms with Gasteiger partial charge in [0.25, 0.3) is 0 Å². The van der Waals surface area contributed by atoms with Crippen LogP contribution in [0, 0.1) is 5.92 Å². The zero-order chi connectivity index (χ0) is 12.7. The smallest absolute Gasteiger partial charge is 0.334 e. The molecule has 0 radical (unpaired) electrons. The van der Waals surface area contributed by atoms with Gasteiger partial charge in [0, 0.05) is 6.42 Å². The Balaban J connectivity index is 2.10. The second kappa shape index (κ2) is 7.24. The van der Waals surface area contributed by atoms with Crippen molar-refractivity contribution in [2.45, 2.75) is 31.8 Å². The number of carbonyl (C=O) groups excluding carboxylic acids is 1. The number of hydrogen-bond acceptors (Lipinski definition) is 4. The quantitative estimate of drug-likeness (QED) is 0.496. The van der Waals surface area contributed by atoms with E-state index in [0.717, 1.165) is 32.4 Å². The highest BCUT2D eigenvalue weighted by Gasteiger charge is 2.16. The Hall–Kier alpha value is -1.14. The van der Waals surface area contributed by atoms with Crippen molar-refractivity contribution >= 4 is 11.9 Å². The first-order chi connectivity index (χ1) is 8.09. The Kier molecular flexibility index (Phi) is 5.93. The molecule has 1 fully saturated rings. The van der Waals surface area contributed by atoms with Gasteiger partial charge in [-0.05, 0) is 38.3 Å². The molecule has 0 aromatic heterocycles. The molecule has 0 aromatic carbocycles. The maximum atomic E-state index is 11.4. The average molecular weight is 244 g/mol. The molecule has 0 bridgehead atoms. The number of aliphatic hydroxyl groups is 1. The summed E-state index contributed by atoms with van der Waals surface area (Å²) in [6, 6.07) is 0. The lowest BCUT2D eigenvalue weighted by molar-refractivity contribution is -0.146. The molecule has 1 aliphatic heterocycles. The van der Waals surface area contributed by atoms with E-state index in [1.165, 1.54) is 0 Å². The van der Waals surface area contributed by atoms with E-state index in [1.807, 2.05) is 0 Å². The van der Waals surface area contributed by atoms with Crippen LogP contribution in [-0.4, -0.2) is 47.8 Å². The molecule has 1 heterocycles. The van der Waals surface area contributed by atoms with E-state index < -0.39 is 12.1 Å². The minimum absolute atomic E-state index is 0.191. The first-order valence-corrected chi connectivity index (χ1v) is 5.98. The molecular formula is C11H20N2O4. The van der Waals surface area contributed by atoms with Crippen LogP contribution in [0.2, 0.25) is 0 Å². The van der Waals surface area contributed by atoms with Gasteiger partial charge < -0.3 is 20.8 Å². The summed E-state index contributed by atoms with van der Waals surface area (Å²) < 4.78 is 0. The fraction of sp³-hybridized carbons (Fsp3) is 0.818. The summed E-state index contributed by atoms with van der Waals surface area (Å²) in [5, 5.41) is 23.1. The predicted octanol–water partition coefficient (Wildman–Crippen LogP) is -0.672. The summed E-state index contributed by atoms with van der Waals surface area (Å²) in [5.74, 6) is -0.932. The van der Waals surface area contributed by atoms with Crippen molar-refractivity contribution in [3.05, 3.63) is 0 Å². The van der Waals surface area contributed by atoms with E-state index in [1.54, 1.807) is 0 Å². The van der Waals surface area contributed by atoms with Crippen LogP contribution in [0.3, 0.4) is 0 Å². The van der Waals surface area contributed by atoms with Crippen LogP contribution >= 0.6 is 0 Å². The lowest BCUT2D eigenvalue weighted by Gasteiger charge is -2.22. The number of piperidine rings is 1. The monoisotopic (exact) mass is 244 g/mol. The van der Waals surface area contributed by atoms with Crippen molar-refractivity contribution < 1.29 is 19.8 Å². The summed E-state index contributed by atoms with van der Waals surface area (Å²) in [6.07, 6.45) is 1.89. The van der Waals surface area contributed by atoms with Crippen LogP contribution in [-0.2, 0) is 9.59 Å². The molecule has 6 nitrogen and oxygen atoms in total. The number of amides is 1. The van der Waals surface area contributed by atoms with Crippen LogP contribution in [0.4, 0.5) is 0 Å². The number of rotatable bonds is 6. The molecule has 1 atom stereocenters. The summed E-state index contributed by atoms with van der Waals surface area (Å²) in [7, 11) is 0. The van der Waals surface area contributed by atoms with E-state index in [0.29, 0.717) is 12.3 Å². The molecule has 0 aliphatic carbocycles. The Morgan fingerprint density at radius 2 is 2.00 bits per heavy atom. The summed E-state index contributed by atoms with van der Waals surface area (Å²) >= 11 is 0. The highest BCUT2D eigenvalue weighted by atomic mass is 16.4. The van der Waals surface area contributed by atoms with Crippen LogP contribution in [0.25, 0.3) is 0 Å². The van der Waals surface area contributed by atoms with E-state index in [4.69, 9.17) is 10.2 Å². The lowest BCUT2D eigenvalue weighted by atomic mass is 9.93. The van der Waals surface area contributed by atoms with Crippen LogP contribution in [0.15, 0.2) is 0 Å². The van der Waals surface area contributed by atoms with Crippen LogP contribution in [0.5, 0.6) is 0 Å². The highest BCUT2D eigenvalue weighted by molar-refractivity contribution is 5.77. The van der Waals surface area contributed by atoms with Crippen molar-refractivity contribution in [2.75, 3.05) is 19.6 Å². The predicted molar refractivity (Wildman–Crippen MR) is 61.5 cm³/mol. The van der Waals surface area contributed by atoms with Crippen molar-refractivity contribution in [1.82, 2.24) is 10.6 Å². The average Bonchev–Trinajstić information content (AvgIpc) is 2.34. The van der Waals surface area contributed by atoms with Crippen molar-refractivity contribution in [1.29, 1.82) is 0 Å². The Labute approximate surface area is 100 Å². The highest BCUT2D eigenvalue weighted by Crippen LogP contribution is 2.17. The molecule has 1 unspecified atom stereocenters. The van der Waals surface area contributed by atoms with Gasteiger partial charge in [0.1, 0.15) is 0 Å². The van der Waals surface area contributed by atoms with Crippen LogP contribution < -0.4 is 10.6 Å². The number of aliphatic hydroxyl groups excluding tert-OH is 1. The third-order valence-electron chi connectivity index (χ3n) is 3.02. The van der Waals surface area contributed by atoms with Gasteiger partial charge in [0.05, 0.1) is 6.54 Å². The van der Waals surface area contributed by atoms with E-state index in [2.05, 4.69) is 10.6 Å². The largest absolute Gasteiger partial charge is 0.479 e. The van der Waals surface area contributed by atoms with Gasteiger partial charge in [-0.15, -0.1) is 0 Å². The number of hydrogen-bond donors (Lipinski definition) is 4. The first-order valence-electron chi connectivity index (χ1n) is 5.98. The number of nitrogens with one attached hydrogen (secondary N) is 2. The summed E-state index contributed by atoms with van der Waals surface area (Å²) in [4.78, 5) is 21.7. The molecule has 0 aromatic rings. The number of carboxylic acids is 1. The van der Waals surface area contributed by atoms with E-state index in [9.17, 15) is 9.59 Å². The number of carbonyl (C=O) groups is 2. The van der Waals surface area contributed by atoms with Gasteiger partial charge in [0.2, 0.25) is 5.91 Å². The molecule has 98 valence electrons. The molecule has 4 N–H and O–H groups in total. The van der Waals surface area contributed by atoms with E-state index in [-0.39, 0.29) is 12.5 Å². The maximum absolute atomic E-state index is 11.4. The van der Waals surface area contributed by atoms with Crippen molar-refractivity contribution in [2.24, 2.45) is 5.92 Å². The van der Waals surface area contributed by atoms with Gasteiger partial charge in [-0.1, -0.05) is 0 Å². The Morgan fingerprint density at radius 1 is 1.35 bits per heavy atom. The molecule has 1 rings (SSSR count). The topological polar surface area (TPSA) is 98.7 Å². The molecule has 0 saturated carbocycles. The minimum atomic E-state index is -1.52. The van der Waals surface area contributed by atoms with Crippen molar-refractivity contribution in [3.63, 3.8) is 0 Å². The summed E-state index contributed by atoms with van der Waals surface area (Å²) in [5.41, 5.74) is 0. The molecule has 1 amide bonds. The van der Waals surface area contributed by atoms with Crippen molar-refractivity contribution in [3.8, 4) is 0 Å². The molecule has 17 heavy (non-hydrogen) atoms. The SMILES string of the molecule is O=C(CCC1CCNCC1)NCC(O)C(=O)O. The fourth-order valence-corrected chi connectivity index (χ4v) is 1.89. The fourth-order valence-electron chi connectivity index (χ4n) is 1.89. The van der Waals surface area contributed by atoms with Gasteiger partial charge in [-0.25, -0.2) is 4.79 Å². The second-order valence-corrected chi connectivity index (χ2v) is 4.39. The maximum Gasteiger partial charge on any atom is 0.334 e. The molecule has 0 spiro atoms. The van der Waals surface area contributed by atoms with Gasteiger partial charge in [-0.3, -0.25) is 4.79 Å². The van der Waals surface area contributed by atoms with Crippen LogP contribution in [0.1, 0.15) is 25.7 Å². The molecular weight excluding hydrogens is 224 g/mol. The van der Waals surface area contributed by atoms with Gasteiger partial charge in [-0.2, -0.15) is 0 Å². The third-order valence-corrected chi connectivity index (χ3v) is 3.02. The third kappa shape index (κ3) is 5.65. The van der Waals surface area contributed by atoms with Gasteiger partial charge in [0.15, 0.2) is 6.10 Å². The standard InChI is InChI=1S/C11H20N2O4/c14-9(11(16)17)7-13-10(15)2-1-8-3-5-12-6-4-8/h8-9,12,14H,1-7H2,(H,13,15)(H,16,17). The lowest BCUT2D eigenvalue weighted by Crippen LogP contribution is -2.36. The van der Waals surface area contributed by atoms with E-state index >= 15 is 0 Å². The Morgan fingerprint density at radius 3 is 2.59 bits per heavy atom. The Bertz CT molecular complexity index is 264.